The van der Waals surface area contributed by atoms with Crippen molar-refractivity contribution in [3.05, 3.63) is 30.1 Å². The zero-order valence-corrected chi connectivity index (χ0v) is 25.7. The van der Waals surface area contributed by atoms with E-state index < -0.39 is 13.4 Å². The molecular weight excluding hydrogens is 497 g/mol. The second-order valence-corrected chi connectivity index (χ2v) is 14.6. The monoisotopic (exact) mass is 549 g/mol. The van der Waals surface area contributed by atoms with Crippen LogP contribution in [0.5, 0.6) is 0 Å². The van der Waals surface area contributed by atoms with Crippen LogP contribution in [0, 0.1) is 35.5 Å². The van der Waals surface area contributed by atoms with Crippen LogP contribution in [-0.4, -0.2) is 23.2 Å². The Balaban J connectivity index is 1.99. The van der Waals surface area contributed by atoms with E-state index in [9.17, 15) is 4.79 Å². The predicted octanol–water partition coefficient (Wildman–Crippen LogP) is 8.96. The van der Waals surface area contributed by atoms with Crippen LogP contribution in [0.1, 0.15) is 118 Å². The van der Waals surface area contributed by atoms with Gasteiger partial charge in [-0.2, -0.15) is 0 Å². The molecule has 0 saturated heterocycles. The highest BCUT2D eigenvalue weighted by atomic mass is 31.2. The molecule has 0 aromatic carbocycles. The maximum Gasteiger partial charge on any atom is 0.376 e. The SMILES string of the molecule is CCCCC(=O)O[C@H](c1cccnc1)P(=O)(O[C@@H]1C[C@H](C(C)C)CC[C@H]1C)O[C@@H]1C[C@H](C(C)C)CC[C@@H]1C. The lowest BCUT2D eigenvalue weighted by Crippen LogP contribution is -2.35. The molecule has 6 nitrogen and oxygen atoms in total. The van der Waals surface area contributed by atoms with Crippen molar-refractivity contribution in [2.24, 2.45) is 35.5 Å². The van der Waals surface area contributed by atoms with Gasteiger partial charge in [-0.3, -0.25) is 14.3 Å². The van der Waals surface area contributed by atoms with Crippen molar-refractivity contribution in [1.82, 2.24) is 4.98 Å². The normalized spacial score (nSPS) is 30.7. The fraction of sp³-hybridized carbons (Fsp3) is 0.806. The number of rotatable bonds is 12. The number of hydrogen-bond donors (Lipinski definition) is 0. The summed E-state index contributed by atoms with van der Waals surface area (Å²) in [6, 6.07) is 3.59. The summed E-state index contributed by atoms with van der Waals surface area (Å²) in [5, 5.41) is 0. The van der Waals surface area contributed by atoms with E-state index in [1.165, 1.54) is 0 Å². The van der Waals surface area contributed by atoms with E-state index in [1.807, 2.05) is 13.0 Å². The molecule has 1 aromatic rings. The van der Waals surface area contributed by atoms with Crippen LogP contribution in [0.3, 0.4) is 0 Å². The van der Waals surface area contributed by atoms with Crippen molar-refractivity contribution in [1.29, 1.82) is 0 Å². The number of nitrogens with zero attached hydrogens (tertiary/aromatic N) is 1. The number of aromatic nitrogens is 1. The molecule has 1 aromatic heterocycles. The van der Waals surface area contributed by atoms with E-state index in [0.29, 0.717) is 29.2 Å². The molecular formula is C31H52NO5P. The Labute approximate surface area is 231 Å². The molecule has 216 valence electrons. The first-order chi connectivity index (χ1) is 18.0. The van der Waals surface area contributed by atoms with Crippen molar-refractivity contribution >= 4 is 13.6 Å². The van der Waals surface area contributed by atoms with E-state index in [4.69, 9.17) is 13.8 Å². The maximum atomic E-state index is 15.2. The average molecular weight is 550 g/mol. The van der Waals surface area contributed by atoms with Crippen LogP contribution in [-0.2, 0) is 23.1 Å². The number of esters is 1. The van der Waals surface area contributed by atoms with Crippen LogP contribution < -0.4 is 0 Å². The first-order valence-corrected chi connectivity index (χ1v) is 16.7. The number of hydrogen-bond acceptors (Lipinski definition) is 6. The molecule has 3 rings (SSSR count). The van der Waals surface area contributed by atoms with E-state index in [2.05, 4.69) is 46.5 Å². The predicted molar refractivity (Wildman–Crippen MR) is 153 cm³/mol. The fourth-order valence-electron chi connectivity index (χ4n) is 5.98. The summed E-state index contributed by atoms with van der Waals surface area (Å²) < 4.78 is 34.5. The average Bonchev–Trinajstić information content (AvgIpc) is 2.88. The Morgan fingerprint density at radius 1 is 0.974 bits per heavy atom. The minimum absolute atomic E-state index is 0.213. The summed E-state index contributed by atoms with van der Waals surface area (Å²) in [6.07, 6.45) is 10.8. The molecule has 0 N–H and O–H groups in total. The molecule has 0 aliphatic heterocycles. The van der Waals surface area contributed by atoms with Crippen molar-refractivity contribution in [2.45, 2.75) is 124 Å². The third kappa shape index (κ3) is 8.38. The molecule has 1 unspecified atom stereocenters. The minimum Gasteiger partial charge on any atom is -0.444 e. The molecule has 2 saturated carbocycles. The standard InChI is InChI=1S/C31H52NO5P/c1-8-9-12-30(33)35-31(27-11-10-17-32-20-27)38(34,36-28-18-25(21(2)3)15-13-23(28)6)37-29-19-26(22(4)5)16-14-24(29)7/h10-11,17,20-26,28-29,31H,8-9,12-16,18-19H2,1-7H3/t23-,24+,25-,26-,28-,29-,31+,38?/m1/s1. The molecule has 1 heterocycles. The van der Waals surface area contributed by atoms with Gasteiger partial charge in [0.05, 0.1) is 12.2 Å². The number of pyridine rings is 1. The highest BCUT2D eigenvalue weighted by Crippen LogP contribution is 2.65. The van der Waals surface area contributed by atoms with Gasteiger partial charge in [0, 0.05) is 24.4 Å². The Hall–Kier alpha value is -1.23. The first kappa shape index (κ1) is 31.3. The smallest absolute Gasteiger partial charge is 0.376 e. The summed E-state index contributed by atoms with van der Waals surface area (Å²) in [6.45, 7) is 15.4. The van der Waals surface area contributed by atoms with Gasteiger partial charge in [0.15, 0.2) is 0 Å². The summed E-state index contributed by atoms with van der Waals surface area (Å²) >= 11 is 0. The summed E-state index contributed by atoms with van der Waals surface area (Å²) in [7, 11) is -3.95. The van der Waals surface area contributed by atoms with Gasteiger partial charge in [-0.05, 0) is 86.5 Å². The lowest BCUT2D eigenvalue weighted by Gasteiger charge is -2.42. The number of ether oxygens (including phenoxy) is 1. The van der Waals surface area contributed by atoms with Gasteiger partial charge in [0.25, 0.3) is 0 Å². The second-order valence-electron chi connectivity index (χ2n) is 12.6. The lowest BCUT2D eigenvalue weighted by atomic mass is 9.76. The molecule has 2 aliphatic rings. The van der Waals surface area contributed by atoms with Crippen molar-refractivity contribution < 1.29 is 23.1 Å². The van der Waals surface area contributed by atoms with Gasteiger partial charge in [-0.1, -0.05) is 61.0 Å². The Morgan fingerprint density at radius 2 is 1.53 bits per heavy atom. The molecule has 7 heteroatoms. The van der Waals surface area contributed by atoms with Gasteiger partial charge in [-0.25, -0.2) is 0 Å². The minimum atomic E-state index is -3.95. The zero-order chi connectivity index (χ0) is 27.9. The van der Waals surface area contributed by atoms with Gasteiger partial charge in [0.1, 0.15) is 0 Å². The molecule has 38 heavy (non-hydrogen) atoms. The van der Waals surface area contributed by atoms with Crippen molar-refractivity contribution in [3.8, 4) is 0 Å². The van der Waals surface area contributed by atoms with Crippen molar-refractivity contribution in [3.63, 3.8) is 0 Å². The van der Waals surface area contributed by atoms with E-state index >= 15 is 4.57 Å². The van der Waals surface area contributed by atoms with E-state index in [-0.39, 0.29) is 36.4 Å². The van der Waals surface area contributed by atoms with Crippen LogP contribution in [0.2, 0.25) is 0 Å². The topological polar surface area (TPSA) is 74.7 Å². The summed E-state index contributed by atoms with van der Waals surface area (Å²) in [4.78, 5) is 17.2. The Bertz CT molecular complexity index is 869. The molecule has 2 aliphatic carbocycles. The van der Waals surface area contributed by atoms with Crippen LogP contribution >= 0.6 is 7.60 Å². The number of unbranched alkanes of at least 4 members (excludes halogenated alkanes) is 1. The van der Waals surface area contributed by atoms with Crippen molar-refractivity contribution in [2.75, 3.05) is 0 Å². The van der Waals surface area contributed by atoms with Crippen LogP contribution in [0.15, 0.2) is 24.5 Å². The number of carbonyl (C=O) groups is 1. The Morgan fingerprint density at radius 3 is 1.97 bits per heavy atom. The largest absolute Gasteiger partial charge is 0.444 e. The third-order valence-corrected chi connectivity index (χ3v) is 11.1. The molecule has 0 radical (unpaired) electrons. The fourth-order valence-corrected chi connectivity index (χ4v) is 8.36. The van der Waals surface area contributed by atoms with E-state index in [1.54, 1.807) is 18.5 Å². The lowest BCUT2D eigenvalue weighted by molar-refractivity contribution is -0.147. The highest BCUT2D eigenvalue weighted by molar-refractivity contribution is 7.54. The highest BCUT2D eigenvalue weighted by Gasteiger charge is 2.48. The van der Waals surface area contributed by atoms with Gasteiger partial charge < -0.3 is 13.8 Å². The van der Waals surface area contributed by atoms with Gasteiger partial charge >= 0.3 is 13.6 Å². The van der Waals surface area contributed by atoms with Crippen LogP contribution in [0.25, 0.3) is 0 Å². The van der Waals surface area contributed by atoms with Gasteiger partial charge in [0.2, 0.25) is 5.85 Å². The molecule has 0 bridgehead atoms. The summed E-state index contributed by atoms with van der Waals surface area (Å²) in [5.41, 5.74) is 0.563. The van der Waals surface area contributed by atoms with Gasteiger partial charge in [-0.15, -0.1) is 0 Å². The number of carbonyl (C=O) groups excluding carboxylic acids is 1. The summed E-state index contributed by atoms with van der Waals surface area (Å²) in [5.74, 6) is 1.07. The molecule has 0 spiro atoms. The second kappa shape index (κ2) is 14.4. The molecule has 2 fully saturated rings. The first-order valence-electron chi connectivity index (χ1n) is 15.1. The molecule has 0 amide bonds. The zero-order valence-electron chi connectivity index (χ0n) is 24.8. The van der Waals surface area contributed by atoms with E-state index in [0.717, 1.165) is 51.4 Å². The quantitative estimate of drug-likeness (QED) is 0.191. The van der Waals surface area contributed by atoms with Crippen LogP contribution in [0.4, 0.5) is 0 Å². The molecule has 8 atom stereocenters. The maximum absolute atomic E-state index is 15.2. The third-order valence-electron chi connectivity index (χ3n) is 9.01. The Kier molecular flexibility index (Phi) is 11.9.